The Balaban J connectivity index is 0.00000768. The molecule has 3 rings (SSSR count). The van der Waals surface area contributed by atoms with Gasteiger partial charge in [0.25, 0.3) is 5.91 Å². The molecule has 0 aliphatic rings. The molecule has 0 atom stereocenters. The first-order chi connectivity index (χ1) is 22.5. The van der Waals surface area contributed by atoms with Crippen molar-refractivity contribution in [2.45, 2.75) is 111 Å². The number of nitrogens with zero attached hydrogens (tertiary/aromatic N) is 2. The summed E-state index contributed by atoms with van der Waals surface area (Å²) >= 11 is 6.52. The maximum absolute atomic E-state index is 13.6. The molecule has 1 aromatic heterocycles. The summed E-state index contributed by atoms with van der Waals surface area (Å²) in [4.78, 5) is 28.2. The van der Waals surface area contributed by atoms with E-state index in [1.807, 2.05) is 42.0 Å². The van der Waals surface area contributed by atoms with Crippen LogP contribution in [0.5, 0.6) is 11.5 Å². The fourth-order valence-corrected chi connectivity index (χ4v) is 5.67. The number of pyridine rings is 1. The summed E-state index contributed by atoms with van der Waals surface area (Å²) < 4.78 is 18.9. The third-order valence-corrected chi connectivity index (χ3v) is 8.41. The predicted octanol–water partition coefficient (Wildman–Crippen LogP) is 6.72. The number of halogens is 2. The first kappa shape index (κ1) is 40.3. The molecule has 7 nitrogen and oxygen atoms in total. The van der Waals surface area contributed by atoms with Crippen molar-refractivity contribution in [1.29, 1.82) is 0 Å². The highest BCUT2D eigenvalue weighted by molar-refractivity contribution is 6.32. The van der Waals surface area contributed by atoms with Gasteiger partial charge in [-0.15, -0.1) is 0 Å². The molecule has 47 heavy (non-hydrogen) atoms. The average molecular weight is 779 g/mol. The Labute approximate surface area is 304 Å². The summed E-state index contributed by atoms with van der Waals surface area (Å²) in [5, 5.41) is 0.461. The Kier molecular flexibility index (Phi) is 20.1. The molecule has 258 valence electrons. The van der Waals surface area contributed by atoms with Crippen LogP contribution < -0.4 is 38.0 Å². The van der Waals surface area contributed by atoms with E-state index in [1.165, 1.54) is 71.3 Å². The molecule has 0 N–H and O–H groups in total. The van der Waals surface area contributed by atoms with Crippen LogP contribution in [-0.4, -0.2) is 30.6 Å². The first-order valence-corrected chi connectivity index (χ1v) is 17.4. The van der Waals surface area contributed by atoms with Gasteiger partial charge in [0.2, 0.25) is 5.69 Å². The second kappa shape index (κ2) is 23.5. The number of carbonyl (C=O) groups is 2. The van der Waals surface area contributed by atoms with E-state index in [0.29, 0.717) is 35.2 Å². The van der Waals surface area contributed by atoms with E-state index in [2.05, 4.69) is 6.92 Å². The van der Waals surface area contributed by atoms with Crippen molar-refractivity contribution in [2.24, 2.45) is 0 Å². The van der Waals surface area contributed by atoms with E-state index in [-0.39, 0.29) is 42.7 Å². The van der Waals surface area contributed by atoms with E-state index in [4.69, 9.17) is 25.8 Å². The fraction of sp³-hybridized carbons (Fsp3) is 0.500. The van der Waals surface area contributed by atoms with Gasteiger partial charge in [-0.2, -0.15) is 0 Å². The molecule has 1 heterocycles. The third-order valence-electron chi connectivity index (χ3n) is 8.11. The average Bonchev–Trinajstić information content (AvgIpc) is 3.08. The van der Waals surface area contributed by atoms with Crippen molar-refractivity contribution in [3.05, 3.63) is 88.7 Å². The number of aryl methyl sites for hydroxylation is 1. The number of imide groups is 1. The lowest BCUT2D eigenvalue weighted by atomic mass is 10.1. The molecular weight excluding hydrogens is 727 g/mol. The number of carbonyl (C=O) groups excluding carboxylic acids is 2. The third kappa shape index (κ3) is 14.0. The van der Waals surface area contributed by atoms with Crippen LogP contribution in [0.1, 0.15) is 113 Å². The molecule has 0 unspecified atom stereocenters. The van der Waals surface area contributed by atoms with Gasteiger partial charge in [-0.25, -0.2) is 14.3 Å². The van der Waals surface area contributed by atoms with Crippen molar-refractivity contribution in [3.63, 3.8) is 0 Å². The summed E-state index contributed by atoms with van der Waals surface area (Å²) in [6.07, 6.45) is 16.7. The van der Waals surface area contributed by atoms with Gasteiger partial charge in [0, 0.05) is 12.1 Å². The van der Waals surface area contributed by atoms with Gasteiger partial charge in [0.05, 0.1) is 24.3 Å². The topological polar surface area (TPSA) is 69.0 Å². The Bertz CT molecular complexity index is 1360. The molecule has 0 aliphatic heterocycles. The molecule has 0 radical (unpaired) electrons. The van der Waals surface area contributed by atoms with Gasteiger partial charge in [-0.05, 0) is 43.2 Å². The van der Waals surface area contributed by atoms with Crippen LogP contribution >= 0.6 is 11.6 Å². The SMILES string of the molecule is CCCCCCCCCCCCCCOc1ccc(COC(=O)N(Cc2cccc[n+]2CC)C(=O)c2ccccc2OC)cc1Cl.[I-]. The molecule has 0 fully saturated rings. The van der Waals surface area contributed by atoms with Crippen LogP contribution in [0.4, 0.5) is 4.79 Å². The number of ether oxygens (including phenoxy) is 3. The molecule has 9 heteroatoms. The molecule has 0 bridgehead atoms. The minimum absolute atomic E-state index is 0. The maximum Gasteiger partial charge on any atom is 0.417 e. The van der Waals surface area contributed by atoms with E-state index in [9.17, 15) is 9.59 Å². The Morgan fingerprint density at radius 1 is 0.787 bits per heavy atom. The van der Waals surface area contributed by atoms with Gasteiger partial charge >= 0.3 is 6.09 Å². The minimum Gasteiger partial charge on any atom is -1.00 e. The van der Waals surface area contributed by atoms with Gasteiger partial charge < -0.3 is 38.2 Å². The van der Waals surface area contributed by atoms with Crippen LogP contribution in [0.3, 0.4) is 0 Å². The normalized spacial score (nSPS) is 10.6. The molecule has 0 saturated carbocycles. The highest BCUT2D eigenvalue weighted by Crippen LogP contribution is 2.27. The van der Waals surface area contributed by atoms with E-state index >= 15 is 0 Å². The molecule has 3 aromatic rings. The number of benzene rings is 2. The fourth-order valence-electron chi connectivity index (χ4n) is 5.41. The summed E-state index contributed by atoms with van der Waals surface area (Å²) in [5.74, 6) is 0.488. The van der Waals surface area contributed by atoms with Crippen LogP contribution in [0.25, 0.3) is 0 Å². The standard InChI is InChI=1S/C38H52ClN2O5.HI/c1-4-6-7-8-9-10-11-12-13-14-15-20-27-45-36-25-24-31(28-34(36)39)30-46-38(43)41(29-32-21-18-19-26-40(32)5-2)37(42)33-22-16-17-23-35(33)44-3;/h16-19,21-26,28H,4-15,20,27,29-30H2,1-3H3;1H/q+1;/p-1. The lowest BCUT2D eigenvalue weighted by Crippen LogP contribution is -3.00. The van der Waals surface area contributed by atoms with Crippen LogP contribution in [0.2, 0.25) is 5.02 Å². The Morgan fingerprint density at radius 3 is 2.06 bits per heavy atom. The summed E-state index contributed by atoms with van der Waals surface area (Å²) in [6, 6.07) is 17.9. The second-order valence-electron chi connectivity index (χ2n) is 11.6. The van der Waals surface area contributed by atoms with Gasteiger partial charge in [0.15, 0.2) is 6.20 Å². The Morgan fingerprint density at radius 2 is 1.43 bits per heavy atom. The van der Waals surface area contributed by atoms with E-state index in [1.54, 1.807) is 36.4 Å². The van der Waals surface area contributed by atoms with Crippen molar-refractivity contribution in [1.82, 2.24) is 4.90 Å². The maximum atomic E-state index is 13.6. The zero-order chi connectivity index (χ0) is 33.0. The molecule has 0 aliphatic carbocycles. The highest BCUT2D eigenvalue weighted by Gasteiger charge is 2.29. The number of aromatic nitrogens is 1. The highest BCUT2D eigenvalue weighted by atomic mass is 127. The lowest BCUT2D eigenvalue weighted by Gasteiger charge is -2.21. The van der Waals surface area contributed by atoms with Crippen molar-refractivity contribution < 1.29 is 52.3 Å². The molecule has 2 aromatic carbocycles. The Hall–Kier alpha value is -2.85. The summed E-state index contributed by atoms with van der Waals surface area (Å²) in [6.45, 7) is 5.56. The zero-order valence-electron chi connectivity index (χ0n) is 28.4. The van der Waals surface area contributed by atoms with Gasteiger partial charge in [-0.3, -0.25) is 4.79 Å². The second-order valence-corrected chi connectivity index (χ2v) is 12.0. The lowest BCUT2D eigenvalue weighted by molar-refractivity contribution is -0.701. The van der Waals surface area contributed by atoms with Crippen LogP contribution in [0.15, 0.2) is 66.9 Å². The molecule has 0 spiro atoms. The number of para-hydroxylation sites is 1. The quantitative estimate of drug-likeness (QED) is 0.0683. The molecule has 0 saturated heterocycles. The van der Waals surface area contributed by atoms with Crippen LogP contribution in [0, 0.1) is 0 Å². The number of hydrogen-bond donors (Lipinski definition) is 0. The van der Waals surface area contributed by atoms with E-state index in [0.717, 1.165) is 23.4 Å². The number of amides is 2. The van der Waals surface area contributed by atoms with E-state index < -0.39 is 12.0 Å². The molecule has 2 amide bonds. The predicted molar refractivity (Wildman–Crippen MR) is 183 cm³/mol. The number of unbranched alkanes of at least 4 members (excludes halogenated alkanes) is 11. The number of hydrogen-bond acceptors (Lipinski definition) is 5. The zero-order valence-corrected chi connectivity index (χ0v) is 31.3. The van der Waals surface area contributed by atoms with Gasteiger partial charge in [-0.1, -0.05) is 113 Å². The summed E-state index contributed by atoms with van der Waals surface area (Å²) in [5.41, 5.74) is 1.77. The van der Waals surface area contributed by atoms with Gasteiger partial charge in [0.1, 0.15) is 31.2 Å². The van der Waals surface area contributed by atoms with Crippen molar-refractivity contribution in [2.75, 3.05) is 13.7 Å². The molecular formula is C38H52ClIN2O5. The smallest absolute Gasteiger partial charge is 0.417 e. The first-order valence-electron chi connectivity index (χ1n) is 17.0. The number of rotatable bonds is 21. The van der Waals surface area contributed by atoms with Crippen molar-refractivity contribution >= 4 is 23.6 Å². The monoisotopic (exact) mass is 778 g/mol. The minimum atomic E-state index is -0.758. The summed E-state index contributed by atoms with van der Waals surface area (Å²) in [7, 11) is 1.49. The van der Waals surface area contributed by atoms with Crippen molar-refractivity contribution in [3.8, 4) is 11.5 Å². The number of methoxy groups -OCH3 is 1. The van der Waals surface area contributed by atoms with Crippen LogP contribution in [-0.2, 0) is 24.4 Å². The largest absolute Gasteiger partial charge is 1.00 e.